The van der Waals surface area contributed by atoms with Gasteiger partial charge in [0, 0.05) is 37.1 Å². The van der Waals surface area contributed by atoms with Gasteiger partial charge in [-0.1, -0.05) is 48.5 Å². The maximum atomic E-state index is 13.0. The van der Waals surface area contributed by atoms with Gasteiger partial charge in [0.15, 0.2) is 0 Å². The fourth-order valence-electron chi connectivity index (χ4n) is 3.64. The highest BCUT2D eigenvalue weighted by Crippen LogP contribution is 2.39. The highest BCUT2D eigenvalue weighted by molar-refractivity contribution is 8.00. The number of aromatic nitrogens is 2. The van der Waals surface area contributed by atoms with Gasteiger partial charge in [-0.05, 0) is 26.0 Å². The second-order valence-electron chi connectivity index (χ2n) is 7.39. The molecule has 0 unspecified atom stereocenters. The molecule has 0 saturated carbocycles. The van der Waals surface area contributed by atoms with E-state index in [4.69, 9.17) is 0 Å². The minimum Gasteiger partial charge on any atom is -0.339 e. The number of carbonyl (C=O) groups is 1. The lowest BCUT2D eigenvalue weighted by molar-refractivity contribution is -0.132. The molecule has 0 radical (unpaired) electrons. The van der Waals surface area contributed by atoms with Gasteiger partial charge in [0.25, 0.3) is 0 Å². The minimum atomic E-state index is -0.174. The Hall–Kier alpha value is -1.96. The highest BCUT2D eigenvalue weighted by atomic mass is 32.2. The lowest BCUT2D eigenvalue weighted by Crippen LogP contribution is -2.50. The highest BCUT2D eigenvalue weighted by Gasteiger charge is 2.26. The van der Waals surface area contributed by atoms with Crippen molar-refractivity contribution in [2.45, 2.75) is 31.0 Å². The molecule has 0 bridgehead atoms. The van der Waals surface area contributed by atoms with Crippen molar-refractivity contribution in [1.29, 1.82) is 0 Å². The van der Waals surface area contributed by atoms with Crippen molar-refractivity contribution >= 4 is 39.2 Å². The molecule has 1 amide bonds. The van der Waals surface area contributed by atoms with Gasteiger partial charge in [-0.3, -0.25) is 4.79 Å². The summed E-state index contributed by atoms with van der Waals surface area (Å²) in [6.45, 7) is 10.8. The van der Waals surface area contributed by atoms with Crippen molar-refractivity contribution in [3.63, 3.8) is 0 Å². The lowest BCUT2D eigenvalue weighted by Gasteiger charge is -2.35. The van der Waals surface area contributed by atoms with E-state index in [1.54, 1.807) is 29.4 Å². The lowest BCUT2D eigenvalue weighted by atomic mass is 10.1. The maximum Gasteiger partial charge on any atom is 0.235 e. The zero-order valence-electron chi connectivity index (χ0n) is 17.1. The van der Waals surface area contributed by atoms with Gasteiger partial charge in [0.1, 0.15) is 16.2 Å². The van der Waals surface area contributed by atoms with Crippen molar-refractivity contribution in [2.24, 2.45) is 0 Å². The normalized spacial score (nSPS) is 16.3. The summed E-state index contributed by atoms with van der Waals surface area (Å²) in [5.41, 5.74) is 3.54. The van der Waals surface area contributed by atoms with Gasteiger partial charge < -0.3 is 9.80 Å². The molecule has 1 saturated heterocycles. The molecule has 3 aromatic rings. The summed E-state index contributed by atoms with van der Waals surface area (Å²) < 4.78 is 0. The summed E-state index contributed by atoms with van der Waals surface area (Å²) in [7, 11) is 0. The van der Waals surface area contributed by atoms with Crippen molar-refractivity contribution in [1.82, 2.24) is 19.8 Å². The summed E-state index contributed by atoms with van der Waals surface area (Å²) in [6.07, 6.45) is 1.61. The third-order valence-corrected chi connectivity index (χ3v) is 7.44. The Morgan fingerprint density at radius 2 is 1.90 bits per heavy atom. The Kier molecular flexibility index (Phi) is 6.18. The monoisotopic (exact) mass is 426 g/mol. The number of rotatable bonds is 5. The SMILES string of the molecule is CCN1CCN(C(=O)[C@H](C)Sc2ncnc3scc(-c4ccc(C)cc4)c23)CC1. The number of thioether (sulfide) groups is 1. The van der Waals surface area contributed by atoms with Crippen LogP contribution in [0.1, 0.15) is 19.4 Å². The second-order valence-corrected chi connectivity index (χ2v) is 9.58. The quantitative estimate of drug-likeness (QED) is 0.449. The topological polar surface area (TPSA) is 49.3 Å². The smallest absolute Gasteiger partial charge is 0.235 e. The van der Waals surface area contributed by atoms with Crippen LogP contribution in [-0.2, 0) is 4.79 Å². The molecule has 0 N–H and O–H groups in total. The van der Waals surface area contributed by atoms with Crippen LogP contribution in [-0.4, -0.2) is 63.6 Å². The van der Waals surface area contributed by atoms with Crippen LogP contribution in [0.4, 0.5) is 0 Å². The first-order chi connectivity index (χ1) is 14.1. The van der Waals surface area contributed by atoms with Crippen molar-refractivity contribution in [3.8, 4) is 11.1 Å². The first-order valence-electron chi connectivity index (χ1n) is 10.0. The van der Waals surface area contributed by atoms with Gasteiger partial charge in [-0.15, -0.1) is 11.3 Å². The Balaban J connectivity index is 1.57. The summed E-state index contributed by atoms with van der Waals surface area (Å²) in [5.74, 6) is 0.199. The van der Waals surface area contributed by atoms with Crippen LogP contribution in [0.5, 0.6) is 0 Å². The molecule has 29 heavy (non-hydrogen) atoms. The van der Waals surface area contributed by atoms with Gasteiger partial charge in [0.2, 0.25) is 5.91 Å². The zero-order chi connectivity index (χ0) is 20.4. The average molecular weight is 427 g/mol. The number of piperazine rings is 1. The van der Waals surface area contributed by atoms with Gasteiger partial charge in [0.05, 0.1) is 10.6 Å². The van der Waals surface area contributed by atoms with Crippen molar-refractivity contribution in [2.75, 3.05) is 32.7 Å². The molecule has 7 heteroatoms. The molecular weight excluding hydrogens is 400 g/mol. The molecule has 4 rings (SSSR count). The molecule has 3 heterocycles. The molecule has 1 atom stereocenters. The maximum absolute atomic E-state index is 13.0. The van der Waals surface area contributed by atoms with Crippen LogP contribution >= 0.6 is 23.1 Å². The van der Waals surface area contributed by atoms with Crippen LogP contribution in [0.2, 0.25) is 0 Å². The first kappa shape index (κ1) is 20.3. The fourth-order valence-corrected chi connectivity index (χ4v) is 5.64. The summed E-state index contributed by atoms with van der Waals surface area (Å²) in [5, 5.41) is 3.92. The minimum absolute atomic E-state index is 0.174. The fraction of sp³-hybridized carbons (Fsp3) is 0.409. The summed E-state index contributed by atoms with van der Waals surface area (Å²) in [6, 6.07) is 8.52. The van der Waals surface area contributed by atoms with Crippen LogP contribution in [0.3, 0.4) is 0 Å². The molecule has 1 fully saturated rings. The number of hydrogen-bond acceptors (Lipinski definition) is 6. The Bertz CT molecular complexity index is 994. The van der Waals surface area contributed by atoms with E-state index in [-0.39, 0.29) is 11.2 Å². The van der Waals surface area contributed by atoms with Crippen molar-refractivity contribution < 1.29 is 4.79 Å². The first-order valence-corrected chi connectivity index (χ1v) is 11.8. The molecule has 1 aliphatic rings. The van der Waals surface area contributed by atoms with Gasteiger partial charge in [-0.25, -0.2) is 9.97 Å². The third-order valence-electron chi connectivity index (χ3n) is 5.47. The average Bonchev–Trinajstić information content (AvgIpc) is 3.19. The predicted molar refractivity (Wildman–Crippen MR) is 122 cm³/mol. The Labute approximate surface area is 180 Å². The van der Waals surface area contributed by atoms with E-state index in [2.05, 4.69) is 58.4 Å². The van der Waals surface area contributed by atoms with Crippen molar-refractivity contribution in [3.05, 3.63) is 41.5 Å². The van der Waals surface area contributed by atoms with Crippen LogP contribution in [0, 0.1) is 6.92 Å². The third kappa shape index (κ3) is 4.32. The Morgan fingerprint density at radius 1 is 1.17 bits per heavy atom. The number of likely N-dealkylation sites (N-methyl/N-ethyl adjacent to an activating group) is 1. The number of carbonyl (C=O) groups excluding carboxylic acids is 1. The van der Waals surface area contributed by atoms with Gasteiger partial charge in [-0.2, -0.15) is 0 Å². The molecular formula is C22H26N4OS2. The number of hydrogen-bond donors (Lipinski definition) is 0. The summed E-state index contributed by atoms with van der Waals surface area (Å²) >= 11 is 3.18. The predicted octanol–water partition coefficient (Wildman–Crippen LogP) is 4.31. The van der Waals surface area contributed by atoms with Crippen LogP contribution in [0.15, 0.2) is 41.0 Å². The number of aryl methyl sites for hydroxylation is 1. The van der Waals surface area contributed by atoms with E-state index in [1.807, 2.05) is 11.8 Å². The number of benzene rings is 1. The van der Waals surface area contributed by atoms with Gasteiger partial charge >= 0.3 is 0 Å². The molecule has 2 aromatic heterocycles. The number of thiophene rings is 1. The molecule has 5 nitrogen and oxygen atoms in total. The number of amides is 1. The van der Waals surface area contributed by atoms with E-state index < -0.39 is 0 Å². The molecule has 1 aromatic carbocycles. The second kappa shape index (κ2) is 8.81. The summed E-state index contributed by atoms with van der Waals surface area (Å²) in [4.78, 5) is 27.4. The number of nitrogens with zero attached hydrogens (tertiary/aromatic N) is 4. The van der Waals surface area contributed by atoms with E-state index in [0.29, 0.717) is 0 Å². The molecule has 1 aliphatic heterocycles. The van der Waals surface area contributed by atoms with E-state index >= 15 is 0 Å². The molecule has 0 aliphatic carbocycles. The van der Waals surface area contributed by atoms with E-state index in [9.17, 15) is 4.79 Å². The van der Waals surface area contributed by atoms with E-state index in [1.165, 1.54) is 5.56 Å². The van der Waals surface area contributed by atoms with Crippen LogP contribution < -0.4 is 0 Å². The molecule has 152 valence electrons. The zero-order valence-corrected chi connectivity index (χ0v) is 18.7. The Morgan fingerprint density at radius 3 is 2.59 bits per heavy atom. The standard InChI is InChI=1S/C22H26N4OS2/c1-4-25-9-11-26(12-10-25)22(27)16(3)29-21-19-18(13-28-20(19)23-14-24-21)17-7-5-15(2)6-8-17/h5-8,13-14,16H,4,9-12H2,1-3H3/t16-/m0/s1. The molecule has 0 spiro atoms. The van der Waals surface area contributed by atoms with Crippen LogP contribution in [0.25, 0.3) is 21.3 Å². The number of fused-ring (bicyclic) bond motifs is 1. The largest absolute Gasteiger partial charge is 0.339 e. The van der Waals surface area contributed by atoms with E-state index in [0.717, 1.165) is 59.1 Å².